The molecule has 0 radical (unpaired) electrons. The van der Waals surface area contributed by atoms with Crippen LogP contribution in [0.4, 0.5) is 0 Å². The molecule has 0 aliphatic heterocycles. The summed E-state index contributed by atoms with van der Waals surface area (Å²) in [6.45, 7) is 0. The third-order valence-corrected chi connectivity index (χ3v) is 2.60. The number of halogens is 3. The lowest BCUT2D eigenvalue weighted by atomic mass is 10.1. The van der Waals surface area contributed by atoms with Crippen molar-refractivity contribution in [2.24, 2.45) is 0 Å². The summed E-state index contributed by atoms with van der Waals surface area (Å²) in [5.41, 5.74) is 1.37. The van der Waals surface area contributed by atoms with E-state index in [1.54, 1.807) is 12.1 Å². The highest BCUT2D eigenvalue weighted by atomic mass is 79.9. The molecule has 0 atom stereocenters. The van der Waals surface area contributed by atoms with E-state index in [0.717, 1.165) is 5.56 Å². The Balaban J connectivity index is 3.17. The monoisotopic (exact) mass is 310 g/mol. The molecule has 0 heterocycles. The molecular weight excluding hydrogens is 307 g/mol. The van der Waals surface area contributed by atoms with Crippen LogP contribution in [0.25, 0.3) is 0 Å². The van der Waals surface area contributed by atoms with Gasteiger partial charge in [0.2, 0.25) is 0 Å². The molecule has 4 heteroatoms. The van der Waals surface area contributed by atoms with Crippen molar-refractivity contribution in [2.75, 3.05) is 0 Å². The molecule has 0 spiro atoms. The molecule has 64 valence electrons. The Morgan fingerprint density at radius 3 is 2.33 bits per heavy atom. The van der Waals surface area contributed by atoms with Crippen LogP contribution in [0.3, 0.4) is 0 Å². The van der Waals surface area contributed by atoms with Crippen LogP contribution in [0, 0.1) is 0 Å². The summed E-state index contributed by atoms with van der Waals surface area (Å²) >= 11 is 12.0. The van der Waals surface area contributed by atoms with Gasteiger partial charge in [-0.05, 0) is 23.2 Å². The molecule has 0 fully saturated rings. The highest BCUT2D eigenvalue weighted by molar-refractivity contribution is 9.24. The van der Waals surface area contributed by atoms with E-state index in [2.05, 4.69) is 31.9 Å². The van der Waals surface area contributed by atoms with Gasteiger partial charge in [-0.25, -0.2) is 0 Å². The third kappa shape index (κ3) is 2.31. The number of hydrogen-bond acceptors (Lipinski definition) is 1. The van der Waals surface area contributed by atoms with Gasteiger partial charge in [0.05, 0.1) is 3.74 Å². The number of benzene rings is 1. The Bertz CT molecular complexity index is 299. The second-order valence-electron chi connectivity index (χ2n) is 2.16. The van der Waals surface area contributed by atoms with Gasteiger partial charge in [-0.1, -0.05) is 50.1 Å². The van der Waals surface area contributed by atoms with E-state index >= 15 is 0 Å². The van der Waals surface area contributed by atoms with E-state index in [9.17, 15) is 4.79 Å². The van der Waals surface area contributed by atoms with E-state index in [0.29, 0.717) is 5.56 Å². The Hall–Kier alpha value is 0.140. The maximum absolute atomic E-state index is 10.9. The molecule has 1 aromatic rings. The lowest BCUT2D eigenvalue weighted by Gasteiger charge is -2.05. The average molecular weight is 312 g/mol. The van der Waals surface area contributed by atoms with Crippen molar-refractivity contribution < 1.29 is 4.79 Å². The van der Waals surface area contributed by atoms with Gasteiger partial charge in [0.1, 0.15) is 0 Å². The zero-order valence-corrected chi connectivity index (χ0v) is 9.86. The highest BCUT2D eigenvalue weighted by Crippen LogP contribution is 2.31. The Morgan fingerprint density at radius 2 is 1.92 bits per heavy atom. The van der Waals surface area contributed by atoms with Crippen molar-refractivity contribution in [3.8, 4) is 0 Å². The molecule has 0 aliphatic carbocycles. The van der Waals surface area contributed by atoms with Gasteiger partial charge in [-0.15, -0.1) is 0 Å². The maximum atomic E-state index is 10.9. The molecule has 0 saturated carbocycles. The van der Waals surface area contributed by atoms with Crippen molar-refractivity contribution in [2.45, 2.75) is 3.74 Å². The first kappa shape index (κ1) is 10.2. The molecule has 0 N–H and O–H groups in total. The first-order valence-corrected chi connectivity index (χ1v) is 5.40. The first-order chi connectivity index (χ1) is 5.63. The summed E-state index contributed by atoms with van der Waals surface area (Å²) in [5.74, 6) is 0. The predicted molar refractivity (Wildman–Crippen MR) is 57.2 cm³/mol. The molecular formula is C8H5Br2ClO. The van der Waals surface area contributed by atoms with Gasteiger partial charge in [0, 0.05) is 5.56 Å². The normalized spacial score (nSPS) is 10.3. The van der Waals surface area contributed by atoms with Gasteiger partial charge >= 0.3 is 0 Å². The Morgan fingerprint density at radius 1 is 1.33 bits per heavy atom. The number of carbonyl (C=O) groups is 1. The molecule has 1 nitrogen and oxygen atoms in total. The van der Waals surface area contributed by atoms with E-state index in [1.165, 1.54) is 0 Å². The van der Waals surface area contributed by atoms with Crippen LogP contribution in [0.1, 0.15) is 19.7 Å². The molecule has 0 saturated heterocycles. The van der Waals surface area contributed by atoms with Crippen molar-refractivity contribution in [1.29, 1.82) is 0 Å². The zero-order chi connectivity index (χ0) is 9.14. The molecule has 0 aliphatic rings. The topological polar surface area (TPSA) is 17.1 Å². The van der Waals surface area contributed by atoms with E-state index in [-0.39, 0.29) is 3.74 Å². The lowest BCUT2D eigenvalue weighted by Crippen LogP contribution is -1.95. The van der Waals surface area contributed by atoms with Crippen LogP contribution in [0.15, 0.2) is 24.3 Å². The second-order valence-corrected chi connectivity index (χ2v) is 5.57. The molecule has 0 amide bonds. The number of hydrogen-bond donors (Lipinski definition) is 0. The molecule has 0 aromatic heterocycles. The minimum Gasteiger partial charge on any atom is -0.276 e. The van der Waals surface area contributed by atoms with Crippen LogP contribution >= 0.6 is 43.5 Å². The van der Waals surface area contributed by atoms with E-state index in [1.807, 2.05) is 12.1 Å². The summed E-state index contributed by atoms with van der Waals surface area (Å²) in [4.78, 5) is 10.9. The summed E-state index contributed by atoms with van der Waals surface area (Å²) in [5, 5.41) is -0.436. The third-order valence-electron chi connectivity index (χ3n) is 1.41. The Kier molecular flexibility index (Phi) is 3.75. The lowest BCUT2D eigenvalue weighted by molar-refractivity contribution is 0.108. The van der Waals surface area contributed by atoms with Gasteiger partial charge < -0.3 is 0 Å². The number of alkyl halides is 2. The first-order valence-electron chi connectivity index (χ1n) is 3.20. The summed E-state index contributed by atoms with van der Waals surface area (Å²) < 4.78 is -0.0381. The molecule has 12 heavy (non-hydrogen) atoms. The molecule has 1 aromatic carbocycles. The van der Waals surface area contributed by atoms with Gasteiger partial charge in [-0.2, -0.15) is 0 Å². The van der Waals surface area contributed by atoms with E-state index in [4.69, 9.17) is 11.6 Å². The second kappa shape index (κ2) is 4.40. The number of carbonyl (C=O) groups excluding carboxylic acids is 1. The summed E-state index contributed by atoms with van der Waals surface area (Å²) in [6, 6.07) is 7.17. The van der Waals surface area contributed by atoms with Crippen molar-refractivity contribution in [3.05, 3.63) is 35.4 Å². The maximum Gasteiger partial charge on any atom is 0.252 e. The van der Waals surface area contributed by atoms with Gasteiger partial charge in [0.25, 0.3) is 5.24 Å². The SMILES string of the molecule is O=C(Cl)c1ccccc1C(Br)Br. The smallest absolute Gasteiger partial charge is 0.252 e. The highest BCUT2D eigenvalue weighted by Gasteiger charge is 2.12. The zero-order valence-electron chi connectivity index (χ0n) is 5.93. The van der Waals surface area contributed by atoms with Gasteiger partial charge in [-0.3, -0.25) is 4.79 Å². The van der Waals surface area contributed by atoms with Crippen LogP contribution in [0.2, 0.25) is 0 Å². The Labute approximate surface area is 92.4 Å². The van der Waals surface area contributed by atoms with Crippen LogP contribution in [0.5, 0.6) is 0 Å². The van der Waals surface area contributed by atoms with Gasteiger partial charge in [0.15, 0.2) is 0 Å². The van der Waals surface area contributed by atoms with Crippen molar-refractivity contribution in [3.63, 3.8) is 0 Å². The minimum absolute atomic E-state index is 0.0381. The van der Waals surface area contributed by atoms with Crippen LogP contribution < -0.4 is 0 Å². The van der Waals surface area contributed by atoms with Crippen molar-refractivity contribution >= 4 is 48.7 Å². The standard InChI is InChI=1S/C8H5Br2ClO/c9-7(10)5-3-1-2-4-6(5)8(11)12/h1-4,7H. The largest absolute Gasteiger partial charge is 0.276 e. The van der Waals surface area contributed by atoms with Crippen molar-refractivity contribution in [1.82, 2.24) is 0 Å². The summed E-state index contributed by atoms with van der Waals surface area (Å²) in [7, 11) is 0. The fourth-order valence-corrected chi connectivity index (χ4v) is 1.84. The molecule has 1 rings (SSSR count). The molecule has 0 unspecified atom stereocenters. The summed E-state index contributed by atoms with van der Waals surface area (Å²) in [6.07, 6.45) is 0. The fraction of sp³-hybridized carbons (Fsp3) is 0.125. The fourth-order valence-electron chi connectivity index (χ4n) is 0.866. The average Bonchev–Trinajstić information content (AvgIpc) is 2.04. The minimum atomic E-state index is -0.436. The van der Waals surface area contributed by atoms with Crippen LogP contribution in [-0.4, -0.2) is 5.24 Å². The number of rotatable bonds is 2. The molecule has 0 bridgehead atoms. The predicted octanol–water partition coefficient (Wildman–Crippen LogP) is 3.85. The quantitative estimate of drug-likeness (QED) is 0.599. The van der Waals surface area contributed by atoms with Crippen LogP contribution in [-0.2, 0) is 0 Å². The van der Waals surface area contributed by atoms with E-state index < -0.39 is 5.24 Å².